The molecule has 2 heterocycles. The normalized spacial score (nSPS) is 31.4. The second-order valence-electron chi connectivity index (χ2n) is 6.18. The molecule has 5 nitrogen and oxygen atoms in total. The first kappa shape index (κ1) is 14.8. The summed E-state index contributed by atoms with van der Waals surface area (Å²) in [7, 11) is -3.39. The number of amides is 1. The van der Waals surface area contributed by atoms with E-state index in [1.807, 2.05) is 0 Å². The lowest BCUT2D eigenvalue weighted by atomic mass is 9.95. The molecule has 2 rings (SSSR count). The Bertz CT molecular complexity index is 445. The summed E-state index contributed by atoms with van der Waals surface area (Å²) in [6.07, 6.45) is 1.99. The molecule has 0 saturated carbocycles. The van der Waals surface area contributed by atoms with Crippen LogP contribution in [0.2, 0.25) is 0 Å². The van der Waals surface area contributed by atoms with Crippen molar-refractivity contribution in [1.29, 1.82) is 0 Å². The first-order chi connectivity index (χ1) is 8.78. The Balaban J connectivity index is 2.27. The second kappa shape index (κ2) is 5.05. The molecule has 0 aliphatic carbocycles. The quantitative estimate of drug-likeness (QED) is 0.792. The molecule has 6 heteroatoms. The largest absolute Gasteiger partial charge is 0.341 e. The third-order valence-corrected chi connectivity index (χ3v) is 6.79. The molecule has 110 valence electrons. The molecule has 2 aliphatic heterocycles. The summed E-state index contributed by atoms with van der Waals surface area (Å²) < 4.78 is 23.2. The van der Waals surface area contributed by atoms with Crippen LogP contribution in [0.3, 0.4) is 0 Å². The van der Waals surface area contributed by atoms with Gasteiger partial charge in [-0.25, -0.2) is 8.42 Å². The van der Waals surface area contributed by atoms with Gasteiger partial charge in [-0.15, -0.1) is 0 Å². The van der Waals surface area contributed by atoms with E-state index in [1.165, 1.54) is 6.26 Å². The van der Waals surface area contributed by atoms with Crippen LogP contribution in [0.1, 0.15) is 26.7 Å². The maximum absolute atomic E-state index is 12.8. The highest BCUT2D eigenvalue weighted by atomic mass is 32.2. The van der Waals surface area contributed by atoms with Gasteiger partial charge in [0.1, 0.15) is 0 Å². The Morgan fingerprint density at radius 3 is 2.05 bits per heavy atom. The van der Waals surface area contributed by atoms with E-state index in [0.29, 0.717) is 50.9 Å². The van der Waals surface area contributed by atoms with Crippen LogP contribution in [0.4, 0.5) is 0 Å². The van der Waals surface area contributed by atoms with Crippen molar-refractivity contribution in [3.63, 3.8) is 0 Å². The van der Waals surface area contributed by atoms with Gasteiger partial charge in [0.05, 0.1) is 0 Å². The number of hydrogen-bond acceptors (Lipinski definition) is 4. The number of nitrogens with one attached hydrogen (secondary N) is 1. The predicted octanol–water partition coefficient (Wildman–Crippen LogP) is 0.268. The summed E-state index contributed by atoms with van der Waals surface area (Å²) in [6.45, 7) is 6.80. The van der Waals surface area contributed by atoms with E-state index in [9.17, 15) is 13.2 Å². The third-order valence-electron chi connectivity index (χ3n) is 4.79. The van der Waals surface area contributed by atoms with Gasteiger partial charge in [-0.1, -0.05) is 13.8 Å². The van der Waals surface area contributed by atoms with Crippen molar-refractivity contribution in [2.45, 2.75) is 31.4 Å². The van der Waals surface area contributed by atoms with E-state index < -0.39 is 14.6 Å². The maximum Gasteiger partial charge on any atom is 0.244 e. The van der Waals surface area contributed by atoms with Gasteiger partial charge in [-0.05, 0) is 37.8 Å². The summed E-state index contributed by atoms with van der Waals surface area (Å²) in [4.78, 5) is 14.5. The van der Waals surface area contributed by atoms with Gasteiger partial charge in [-0.3, -0.25) is 4.79 Å². The van der Waals surface area contributed by atoms with Crippen LogP contribution in [0, 0.1) is 11.8 Å². The Hall–Kier alpha value is -0.620. The Labute approximate surface area is 115 Å². The van der Waals surface area contributed by atoms with Crippen LogP contribution in [-0.2, 0) is 14.6 Å². The zero-order valence-corrected chi connectivity index (χ0v) is 12.8. The Morgan fingerprint density at radius 2 is 1.63 bits per heavy atom. The fourth-order valence-corrected chi connectivity index (χ4v) is 4.55. The molecule has 1 amide bonds. The minimum Gasteiger partial charge on any atom is -0.341 e. The number of rotatable bonds is 2. The molecule has 0 bridgehead atoms. The topological polar surface area (TPSA) is 66.5 Å². The highest BCUT2D eigenvalue weighted by Gasteiger charge is 2.51. The van der Waals surface area contributed by atoms with E-state index in [4.69, 9.17) is 0 Å². The minimum absolute atomic E-state index is 0.173. The van der Waals surface area contributed by atoms with Crippen LogP contribution >= 0.6 is 0 Å². The van der Waals surface area contributed by atoms with Gasteiger partial charge in [0.2, 0.25) is 5.91 Å². The average Bonchev–Trinajstić information content (AvgIpc) is 2.68. The van der Waals surface area contributed by atoms with Crippen LogP contribution < -0.4 is 5.32 Å². The summed E-state index contributed by atoms with van der Waals surface area (Å²) >= 11 is 0. The number of carbonyl (C=O) groups excluding carboxylic acids is 1. The minimum atomic E-state index is -3.39. The van der Waals surface area contributed by atoms with Crippen LogP contribution in [0.15, 0.2) is 0 Å². The van der Waals surface area contributed by atoms with Gasteiger partial charge < -0.3 is 10.2 Å². The number of sulfone groups is 1. The van der Waals surface area contributed by atoms with Crippen molar-refractivity contribution >= 4 is 15.7 Å². The molecule has 0 aromatic carbocycles. The van der Waals surface area contributed by atoms with Crippen molar-refractivity contribution in [3.05, 3.63) is 0 Å². The van der Waals surface area contributed by atoms with E-state index in [0.717, 1.165) is 0 Å². The van der Waals surface area contributed by atoms with Gasteiger partial charge in [0.25, 0.3) is 0 Å². The molecule has 1 N–H and O–H groups in total. The fourth-order valence-electron chi connectivity index (χ4n) is 3.16. The standard InChI is InChI=1S/C13H24N2O3S/c1-10-8-15(9-11(10)2)12(16)13(19(3,17)18)4-6-14-7-5-13/h10-11,14H,4-9H2,1-3H3. The predicted molar refractivity (Wildman–Crippen MR) is 74.6 cm³/mol. The number of piperidine rings is 1. The molecule has 0 aromatic rings. The Morgan fingerprint density at radius 1 is 1.16 bits per heavy atom. The lowest BCUT2D eigenvalue weighted by Gasteiger charge is -2.37. The lowest BCUT2D eigenvalue weighted by molar-refractivity contribution is -0.133. The summed E-state index contributed by atoms with van der Waals surface area (Å²) in [5.74, 6) is 0.720. The number of hydrogen-bond donors (Lipinski definition) is 1. The highest BCUT2D eigenvalue weighted by Crippen LogP contribution is 2.33. The number of nitrogens with zero attached hydrogens (tertiary/aromatic N) is 1. The van der Waals surface area contributed by atoms with Crippen molar-refractivity contribution in [1.82, 2.24) is 10.2 Å². The molecule has 2 fully saturated rings. The van der Waals surface area contributed by atoms with Crippen molar-refractivity contribution in [3.8, 4) is 0 Å². The molecule has 2 saturated heterocycles. The van der Waals surface area contributed by atoms with Gasteiger partial charge in [0.15, 0.2) is 14.6 Å². The first-order valence-corrected chi connectivity index (χ1v) is 8.87. The first-order valence-electron chi connectivity index (χ1n) is 6.97. The molecule has 2 unspecified atom stereocenters. The van der Waals surface area contributed by atoms with Crippen LogP contribution in [0.25, 0.3) is 0 Å². The molecule has 0 aromatic heterocycles. The lowest BCUT2D eigenvalue weighted by Crippen LogP contribution is -2.57. The molecule has 19 heavy (non-hydrogen) atoms. The monoisotopic (exact) mass is 288 g/mol. The van der Waals surface area contributed by atoms with Crippen molar-refractivity contribution < 1.29 is 13.2 Å². The fraction of sp³-hybridized carbons (Fsp3) is 0.923. The van der Waals surface area contributed by atoms with E-state index in [2.05, 4.69) is 19.2 Å². The molecule has 2 aliphatic rings. The summed E-state index contributed by atoms with van der Waals surface area (Å²) in [5, 5.41) is 3.14. The van der Waals surface area contributed by atoms with Crippen molar-refractivity contribution in [2.75, 3.05) is 32.4 Å². The zero-order chi connectivity index (χ0) is 14.3. The molecule has 0 spiro atoms. The van der Waals surface area contributed by atoms with E-state index >= 15 is 0 Å². The highest BCUT2D eigenvalue weighted by molar-refractivity contribution is 7.92. The molecular weight excluding hydrogens is 264 g/mol. The molecular formula is C13H24N2O3S. The van der Waals surface area contributed by atoms with Crippen LogP contribution in [-0.4, -0.2) is 56.4 Å². The summed E-state index contributed by atoms with van der Waals surface area (Å²) in [5.41, 5.74) is 0. The average molecular weight is 288 g/mol. The van der Waals surface area contributed by atoms with Gasteiger partial charge in [0, 0.05) is 19.3 Å². The van der Waals surface area contributed by atoms with E-state index in [-0.39, 0.29) is 5.91 Å². The van der Waals surface area contributed by atoms with E-state index in [1.54, 1.807) is 4.90 Å². The number of likely N-dealkylation sites (tertiary alicyclic amines) is 1. The van der Waals surface area contributed by atoms with Crippen molar-refractivity contribution in [2.24, 2.45) is 11.8 Å². The summed E-state index contributed by atoms with van der Waals surface area (Å²) in [6, 6.07) is 0. The third kappa shape index (κ3) is 2.52. The zero-order valence-electron chi connectivity index (χ0n) is 12.0. The second-order valence-corrected chi connectivity index (χ2v) is 8.51. The molecule has 2 atom stereocenters. The van der Waals surface area contributed by atoms with Gasteiger partial charge in [-0.2, -0.15) is 0 Å². The number of carbonyl (C=O) groups is 1. The Kier molecular flexibility index (Phi) is 3.93. The van der Waals surface area contributed by atoms with Crippen LogP contribution in [0.5, 0.6) is 0 Å². The smallest absolute Gasteiger partial charge is 0.244 e. The SMILES string of the molecule is CC1CN(C(=O)C2(S(C)(=O)=O)CCNCC2)CC1C. The maximum atomic E-state index is 12.8. The van der Waals surface area contributed by atoms with Gasteiger partial charge >= 0.3 is 0 Å². The molecule has 0 radical (unpaired) electrons.